The van der Waals surface area contributed by atoms with Crippen molar-refractivity contribution in [3.05, 3.63) is 0 Å². The molecular weight excluding hydrogens is 147 g/mol. The Labute approximate surface area is 51.6 Å². The fraction of sp³-hybridized carbons (Fsp3) is 1.00. The molecule has 0 aliphatic carbocycles. The van der Waals surface area contributed by atoms with Crippen LogP contribution in [-0.2, 0) is 0 Å². The normalized spacial score (nSPS) is 10.3. The molecule has 0 aliphatic heterocycles. The van der Waals surface area contributed by atoms with Gasteiger partial charge in [-0.1, -0.05) is 0 Å². The van der Waals surface area contributed by atoms with Crippen molar-refractivity contribution in [2.45, 2.75) is 36.4 Å². The Kier molecular flexibility index (Phi) is 5.09. The van der Waals surface area contributed by atoms with Crippen molar-refractivity contribution < 1.29 is 0 Å². The van der Waals surface area contributed by atoms with E-state index >= 15 is 0 Å². The zero-order valence-electron chi connectivity index (χ0n) is 5.57. The van der Waals surface area contributed by atoms with Gasteiger partial charge in [0, 0.05) is 0 Å². The predicted octanol–water partition coefficient (Wildman–Crippen LogP) is 2.54. The zero-order chi connectivity index (χ0) is 5.70. The van der Waals surface area contributed by atoms with Crippen LogP contribution < -0.4 is 0 Å². The van der Waals surface area contributed by atoms with E-state index < -0.39 is 0 Å². The molecule has 0 heterocycles. The van der Waals surface area contributed by atoms with Gasteiger partial charge >= 0.3 is 51.0 Å². The number of rotatable bonds is 3. The van der Waals surface area contributed by atoms with Crippen LogP contribution in [0, 0.1) is 0 Å². The van der Waals surface area contributed by atoms with E-state index in [1.165, 1.54) is 15.6 Å². The molecule has 0 amide bonds. The minimum atomic E-state index is -0.229. The second-order valence-corrected chi connectivity index (χ2v) is 8.42. The third-order valence-corrected chi connectivity index (χ3v) is 6.97. The molecule has 0 aliphatic rings. The van der Waals surface area contributed by atoms with Gasteiger partial charge in [-0.05, 0) is 0 Å². The van der Waals surface area contributed by atoms with E-state index in [4.69, 9.17) is 0 Å². The predicted molar refractivity (Wildman–Crippen MR) is 37.2 cm³/mol. The summed E-state index contributed by atoms with van der Waals surface area (Å²) in [6.45, 7) is 6.98. The summed E-state index contributed by atoms with van der Waals surface area (Å²) < 4.78 is 0. The van der Waals surface area contributed by atoms with Crippen molar-refractivity contribution in [2.24, 2.45) is 0 Å². The van der Waals surface area contributed by atoms with Gasteiger partial charge in [-0.3, -0.25) is 0 Å². The summed E-state index contributed by atoms with van der Waals surface area (Å²) >= 11 is -0.229. The third kappa shape index (κ3) is 3.17. The Bertz CT molecular complexity index is 25.7. The van der Waals surface area contributed by atoms with Gasteiger partial charge in [-0.25, -0.2) is 0 Å². The van der Waals surface area contributed by atoms with Crippen molar-refractivity contribution >= 4 is 14.7 Å². The molecule has 0 aromatic rings. The van der Waals surface area contributed by atoms with Crippen LogP contribution in [0.1, 0.15) is 20.8 Å². The Hall–Kier alpha value is 0.558. The van der Waals surface area contributed by atoms with E-state index in [9.17, 15) is 0 Å². The SMILES string of the molecule is CC[As+](CC)CC. The van der Waals surface area contributed by atoms with Crippen molar-refractivity contribution in [1.82, 2.24) is 0 Å². The molecule has 0 saturated carbocycles. The van der Waals surface area contributed by atoms with Gasteiger partial charge < -0.3 is 0 Å². The summed E-state index contributed by atoms with van der Waals surface area (Å²) in [4.78, 5) is 0. The molecule has 0 fully saturated rings. The van der Waals surface area contributed by atoms with E-state index in [1.807, 2.05) is 0 Å². The average molecular weight is 162 g/mol. The standard InChI is InChI=1S/C6H15As/c1-4-7(5-2)6-3/h4-6H2,1-3H3/q+1. The Morgan fingerprint density at radius 3 is 1.14 bits per heavy atom. The molecule has 43 valence electrons. The molecule has 0 spiro atoms. The van der Waals surface area contributed by atoms with Crippen LogP contribution in [-0.4, -0.2) is 14.7 Å². The van der Waals surface area contributed by atoms with Gasteiger partial charge in [-0.2, -0.15) is 0 Å². The Morgan fingerprint density at radius 1 is 0.857 bits per heavy atom. The zero-order valence-corrected chi connectivity index (χ0v) is 7.45. The van der Waals surface area contributed by atoms with Gasteiger partial charge in [-0.15, -0.1) is 0 Å². The summed E-state index contributed by atoms with van der Waals surface area (Å²) in [6, 6.07) is 0. The fourth-order valence-corrected chi connectivity index (χ4v) is 3.49. The van der Waals surface area contributed by atoms with Crippen molar-refractivity contribution in [2.75, 3.05) is 0 Å². The van der Waals surface area contributed by atoms with Crippen molar-refractivity contribution in [1.29, 1.82) is 0 Å². The molecule has 7 heavy (non-hydrogen) atoms. The van der Waals surface area contributed by atoms with Crippen LogP contribution in [0.5, 0.6) is 0 Å². The average Bonchev–Trinajstić information content (AvgIpc) is 1.72. The first-order chi connectivity index (χ1) is 3.35. The number of hydrogen-bond donors (Lipinski definition) is 0. The number of hydrogen-bond acceptors (Lipinski definition) is 0. The van der Waals surface area contributed by atoms with Crippen LogP contribution in [0.3, 0.4) is 0 Å². The minimum absolute atomic E-state index is 0.229. The molecule has 0 aromatic carbocycles. The Morgan fingerprint density at radius 2 is 1.14 bits per heavy atom. The van der Waals surface area contributed by atoms with E-state index in [-0.39, 0.29) is 14.7 Å². The summed E-state index contributed by atoms with van der Waals surface area (Å²) in [7, 11) is 0. The molecule has 0 rings (SSSR count). The molecule has 0 aromatic heterocycles. The van der Waals surface area contributed by atoms with Gasteiger partial charge in [0.15, 0.2) is 0 Å². The van der Waals surface area contributed by atoms with Crippen LogP contribution >= 0.6 is 0 Å². The first-order valence-electron chi connectivity index (χ1n) is 3.07. The van der Waals surface area contributed by atoms with Crippen LogP contribution in [0.4, 0.5) is 0 Å². The summed E-state index contributed by atoms with van der Waals surface area (Å²) in [5.41, 5.74) is 0. The summed E-state index contributed by atoms with van der Waals surface area (Å²) in [5.74, 6) is 0. The monoisotopic (exact) mass is 162 g/mol. The molecule has 0 N–H and O–H groups in total. The molecule has 0 atom stereocenters. The van der Waals surface area contributed by atoms with Crippen LogP contribution in [0.25, 0.3) is 0 Å². The molecule has 0 nitrogen and oxygen atoms in total. The van der Waals surface area contributed by atoms with E-state index in [0.717, 1.165) is 0 Å². The van der Waals surface area contributed by atoms with E-state index in [1.54, 1.807) is 0 Å². The molecule has 1 radical (unpaired) electrons. The molecule has 0 bridgehead atoms. The Balaban J connectivity index is 2.99. The molecule has 0 saturated heterocycles. The summed E-state index contributed by atoms with van der Waals surface area (Å²) in [6.07, 6.45) is 0. The maximum atomic E-state index is 2.33. The molecule has 0 unspecified atom stereocenters. The summed E-state index contributed by atoms with van der Waals surface area (Å²) in [5, 5.41) is 4.50. The second-order valence-electron chi connectivity index (χ2n) is 1.62. The quantitative estimate of drug-likeness (QED) is 0.559. The van der Waals surface area contributed by atoms with Gasteiger partial charge in [0.05, 0.1) is 0 Å². The van der Waals surface area contributed by atoms with Crippen molar-refractivity contribution in [3.8, 4) is 0 Å². The third-order valence-electron chi connectivity index (χ3n) is 1.34. The van der Waals surface area contributed by atoms with Gasteiger partial charge in [0.1, 0.15) is 0 Å². The molecular formula is C6H15As+. The topological polar surface area (TPSA) is 0 Å². The first kappa shape index (κ1) is 7.56. The van der Waals surface area contributed by atoms with E-state index in [0.29, 0.717) is 0 Å². The van der Waals surface area contributed by atoms with Crippen molar-refractivity contribution in [3.63, 3.8) is 0 Å². The van der Waals surface area contributed by atoms with Gasteiger partial charge in [0.2, 0.25) is 0 Å². The van der Waals surface area contributed by atoms with Gasteiger partial charge in [0.25, 0.3) is 0 Å². The van der Waals surface area contributed by atoms with Crippen LogP contribution in [0.15, 0.2) is 0 Å². The van der Waals surface area contributed by atoms with E-state index in [2.05, 4.69) is 20.8 Å². The fourth-order valence-electron chi connectivity index (χ4n) is 0.671. The van der Waals surface area contributed by atoms with Crippen LogP contribution in [0.2, 0.25) is 15.6 Å². The maximum absolute atomic E-state index is 2.33. The molecule has 1 heteroatoms. The first-order valence-corrected chi connectivity index (χ1v) is 7.05. The second kappa shape index (κ2) is 4.71.